The van der Waals surface area contributed by atoms with Gasteiger partial charge in [-0.25, -0.2) is 14.6 Å². The zero-order valence-electron chi connectivity index (χ0n) is 26.6. The van der Waals surface area contributed by atoms with Crippen molar-refractivity contribution >= 4 is 29.2 Å². The minimum Gasteiger partial charge on any atom is -0.481 e. The number of nitrogens with one attached hydrogen (secondary N) is 4. The molecule has 4 N–H and O–H groups in total. The lowest BCUT2D eigenvalue weighted by Crippen LogP contribution is -2.40. The Morgan fingerprint density at radius 3 is 2.60 bits per heavy atom. The van der Waals surface area contributed by atoms with Crippen molar-refractivity contribution in [1.82, 2.24) is 30.1 Å². The Bertz CT molecular complexity index is 2020. The van der Waals surface area contributed by atoms with Gasteiger partial charge in [-0.05, 0) is 61.6 Å². The molecule has 12 nitrogen and oxygen atoms in total. The molecule has 0 bridgehead atoms. The van der Waals surface area contributed by atoms with E-state index >= 15 is 0 Å². The van der Waals surface area contributed by atoms with E-state index in [9.17, 15) is 19.2 Å². The summed E-state index contributed by atoms with van der Waals surface area (Å²) in [6.45, 7) is 3.25. The van der Waals surface area contributed by atoms with Crippen LogP contribution in [0.1, 0.15) is 45.9 Å². The van der Waals surface area contributed by atoms with Crippen LogP contribution in [0.4, 0.5) is 10.5 Å². The molecule has 3 amide bonds. The highest BCUT2D eigenvalue weighted by Gasteiger charge is 2.29. The molecule has 47 heavy (non-hydrogen) atoms. The Morgan fingerprint density at radius 1 is 1.11 bits per heavy atom. The third kappa shape index (κ3) is 6.13. The zero-order valence-corrected chi connectivity index (χ0v) is 27.3. The number of aryl methyl sites for hydroxylation is 2. The first-order chi connectivity index (χ1) is 22.6. The van der Waals surface area contributed by atoms with Crippen LogP contribution >= 0.6 is 11.6 Å². The summed E-state index contributed by atoms with van der Waals surface area (Å²) in [5, 5.41) is 12.7. The number of benzene rings is 2. The summed E-state index contributed by atoms with van der Waals surface area (Å²) in [5.74, 6) is -0.0684. The molecule has 1 aliphatic carbocycles. The monoisotopic (exact) mass is 657 g/mol. The van der Waals surface area contributed by atoms with Crippen LogP contribution in [0.15, 0.2) is 58.3 Å². The second-order valence-corrected chi connectivity index (χ2v) is 12.3. The van der Waals surface area contributed by atoms with Crippen molar-refractivity contribution in [2.24, 2.45) is 14.1 Å². The smallest absolute Gasteiger partial charge is 0.330 e. The number of halogens is 1. The maximum atomic E-state index is 13.2. The summed E-state index contributed by atoms with van der Waals surface area (Å²) in [7, 11) is 4.44. The van der Waals surface area contributed by atoms with Crippen molar-refractivity contribution in [1.29, 1.82) is 0 Å². The van der Waals surface area contributed by atoms with E-state index in [0.717, 1.165) is 63.8 Å². The molecular weight excluding hydrogens is 622 g/mol. The number of hydrogen-bond acceptors (Lipinski definition) is 7. The van der Waals surface area contributed by atoms with Gasteiger partial charge in [0.2, 0.25) is 5.88 Å². The summed E-state index contributed by atoms with van der Waals surface area (Å²) >= 11 is 7.10. The van der Waals surface area contributed by atoms with E-state index < -0.39 is 17.2 Å². The molecule has 3 heterocycles. The molecule has 2 aliphatic rings. The minimum absolute atomic E-state index is 0.0925. The van der Waals surface area contributed by atoms with E-state index in [1.165, 1.54) is 24.9 Å². The molecule has 1 aliphatic heterocycles. The number of carbonyl (C=O) groups excluding carboxylic acids is 2. The van der Waals surface area contributed by atoms with E-state index in [0.29, 0.717) is 28.8 Å². The number of rotatable bonds is 9. The molecule has 0 unspecified atom stereocenters. The fourth-order valence-electron chi connectivity index (χ4n) is 6.37. The minimum atomic E-state index is -0.675. The van der Waals surface area contributed by atoms with Crippen LogP contribution in [0.25, 0.3) is 22.4 Å². The lowest BCUT2D eigenvalue weighted by molar-refractivity contribution is 0.102. The molecule has 0 spiro atoms. The Labute approximate surface area is 276 Å². The largest absolute Gasteiger partial charge is 0.481 e. The average Bonchev–Trinajstić information content (AvgIpc) is 3.68. The number of aromatic nitrogens is 3. The van der Waals surface area contributed by atoms with Gasteiger partial charge in [0.1, 0.15) is 5.56 Å². The van der Waals surface area contributed by atoms with Crippen molar-refractivity contribution in [2.45, 2.75) is 38.3 Å². The molecule has 2 aromatic heterocycles. The van der Waals surface area contributed by atoms with Crippen molar-refractivity contribution < 1.29 is 14.3 Å². The number of urea groups is 1. The fraction of sp³-hybridized carbons (Fsp3) is 0.324. The molecular formula is C34H36ClN7O5. The van der Waals surface area contributed by atoms with Gasteiger partial charge in [-0.3, -0.25) is 14.2 Å². The first kappa shape index (κ1) is 32.0. The highest BCUT2D eigenvalue weighted by Crippen LogP contribution is 2.43. The van der Waals surface area contributed by atoms with Crippen molar-refractivity contribution in [2.75, 3.05) is 25.5 Å². The van der Waals surface area contributed by atoms with Crippen molar-refractivity contribution in [3.63, 3.8) is 0 Å². The summed E-state index contributed by atoms with van der Waals surface area (Å²) in [4.78, 5) is 54.2. The quantitative estimate of drug-likeness (QED) is 0.215. The van der Waals surface area contributed by atoms with Gasteiger partial charge in [0.25, 0.3) is 11.5 Å². The Hall–Kier alpha value is -4.94. The van der Waals surface area contributed by atoms with E-state index in [4.69, 9.17) is 21.3 Å². The van der Waals surface area contributed by atoms with E-state index in [1.54, 1.807) is 19.2 Å². The van der Waals surface area contributed by atoms with Crippen LogP contribution in [0, 0.1) is 6.92 Å². The van der Waals surface area contributed by atoms with Crippen LogP contribution in [0.5, 0.6) is 5.88 Å². The highest BCUT2D eigenvalue weighted by molar-refractivity contribution is 6.36. The van der Waals surface area contributed by atoms with Crippen LogP contribution < -0.4 is 37.3 Å². The predicted molar refractivity (Wildman–Crippen MR) is 180 cm³/mol. The summed E-state index contributed by atoms with van der Waals surface area (Å²) in [6.07, 6.45) is 3.82. The van der Waals surface area contributed by atoms with Crippen LogP contribution in [0.3, 0.4) is 0 Å². The number of fused-ring (bicyclic) bond motifs is 1. The number of hydrogen-bond donors (Lipinski definition) is 4. The molecule has 4 aromatic rings. The SMILES string of the molecule is COc1nc(-c2cccc(-c3cccc(NC(=O)c4cn(C)c(=O)n(C)c4=O)c3C)c2Cl)cc2c1[C@@H](NCC[C@@H]1CNC(=O)N1)CC2. The molecule has 0 saturated carbocycles. The van der Waals surface area contributed by atoms with E-state index in [2.05, 4.69) is 27.3 Å². The van der Waals surface area contributed by atoms with Gasteiger partial charge in [0.15, 0.2) is 0 Å². The number of carbonyl (C=O) groups is 2. The molecule has 2 atom stereocenters. The molecule has 244 valence electrons. The van der Waals surface area contributed by atoms with Gasteiger partial charge in [0, 0.05) is 61.3 Å². The maximum absolute atomic E-state index is 13.2. The molecule has 2 aromatic carbocycles. The van der Waals surface area contributed by atoms with Crippen LogP contribution in [-0.4, -0.2) is 52.3 Å². The third-order valence-electron chi connectivity index (χ3n) is 8.92. The standard InChI is InChI=1S/C34H36ClN7O5/c1-18-21(7-6-10-25(18)39-30(43)24-17-41(2)34(46)42(3)32(24)44)22-8-5-9-23(29(22)35)27-15-19-11-12-26(28(19)31(40-27)47-4)36-14-13-20-16-37-33(45)38-20/h5-10,15,17,20,26,36H,11-14,16H2,1-4H3,(H,39,43)(H2,37,38,45)/t20-,26+/m1/s1. The lowest BCUT2D eigenvalue weighted by atomic mass is 9.96. The molecule has 1 saturated heterocycles. The van der Waals surface area contributed by atoms with E-state index in [-0.39, 0.29) is 23.7 Å². The number of amides is 3. The number of pyridine rings is 1. The lowest BCUT2D eigenvalue weighted by Gasteiger charge is -2.19. The number of ether oxygens (including phenoxy) is 1. The summed E-state index contributed by atoms with van der Waals surface area (Å²) in [5.41, 5.74) is 5.11. The first-order valence-electron chi connectivity index (χ1n) is 15.4. The second kappa shape index (κ2) is 13.0. The van der Waals surface area contributed by atoms with Crippen LogP contribution in [-0.2, 0) is 20.5 Å². The predicted octanol–water partition coefficient (Wildman–Crippen LogP) is 3.68. The van der Waals surface area contributed by atoms with Gasteiger partial charge in [-0.2, -0.15) is 0 Å². The van der Waals surface area contributed by atoms with Gasteiger partial charge in [-0.1, -0.05) is 41.9 Å². The Morgan fingerprint density at radius 2 is 1.85 bits per heavy atom. The molecule has 6 rings (SSSR count). The summed E-state index contributed by atoms with van der Waals surface area (Å²) < 4.78 is 7.89. The van der Waals surface area contributed by atoms with Crippen LogP contribution in [0.2, 0.25) is 5.02 Å². The third-order valence-corrected chi connectivity index (χ3v) is 9.33. The maximum Gasteiger partial charge on any atom is 0.330 e. The van der Waals surface area contributed by atoms with E-state index in [1.807, 2.05) is 31.2 Å². The van der Waals surface area contributed by atoms with Gasteiger partial charge >= 0.3 is 11.7 Å². The van der Waals surface area contributed by atoms with Gasteiger partial charge in [0.05, 0.1) is 17.8 Å². The molecule has 1 fully saturated rings. The Balaban J connectivity index is 1.26. The Kier molecular flexibility index (Phi) is 8.89. The zero-order chi connectivity index (χ0) is 33.4. The molecule has 13 heteroatoms. The highest BCUT2D eigenvalue weighted by atomic mass is 35.5. The van der Waals surface area contributed by atoms with Crippen molar-refractivity contribution in [3.05, 3.63) is 96.8 Å². The summed E-state index contributed by atoms with van der Waals surface area (Å²) in [6, 6.07) is 13.4. The van der Waals surface area contributed by atoms with Crippen molar-refractivity contribution in [3.8, 4) is 28.3 Å². The number of nitrogens with zero attached hydrogens (tertiary/aromatic N) is 3. The average molecular weight is 658 g/mol. The molecule has 0 radical (unpaired) electrons. The first-order valence-corrected chi connectivity index (χ1v) is 15.8. The topological polar surface area (TPSA) is 148 Å². The van der Waals surface area contributed by atoms with Gasteiger partial charge < -0.3 is 30.6 Å². The number of anilines is 1. The fourth-order valence-corrected chi connectivity index (χ4v) is 6.69. The number of methoxy groups -OCH3 is 1. The van der Waals surface area contributed by atoms with Gasteiger partial charge in [-0.15, -0.1) is 0 Å². The normalized spacial score (nSPS) is 16.8. The second-order valence-electron chi connectivity index (χ2n) is 11.9.